The van der Waals surface area contributed by atoms with Crippen molar-refractivity contribution in [3.05, 3.63) is 66.7 Å². The molecule has 2 amide bonds. The van der Waals surface area contributed by atoms with Crippen molar-refractivity contribution in [3.63, 3.8) is 0 Å². The molecule has 2 N–H and O–H groups in total. The highest BCUT2D eigenvalue weighted by Gasteiger charge is 2.24. The van der Waals surface area contributed by atoms with E-state index in [9.17, 15) is 18.0 Å². The number of hydrogen-bond donors (Lipinski definition) is 2. The molecule has 0 fully saturated rings. The highest BCUT2D eigenvalue weighted by atomic mass is 79.9. The SMILES string of the molecule is CCOC(=O)Nc1ccc2c(c1)c(-c1ccccc1)[n+](CCCSS(C)(=O)=O)c1cc(NC(=O)OCC)ccc21.[Br-]. The maximum atomic E-state index is 12.2. The topological polar surface area (TPSA) is 115 Å². The van der Waals surface area contributed by atoms with Crippen molar-refractivity contribution in [2.24, 2.45) is 0 Å². The van der Waals surface area contributed by atoms with E-state index in [1.807, 2.05) is 66.7 Å². The van der Waals surface area contributed by atoms with E-state index < -0.39 is 21.1 Å². The lowest BCUT2D eigenvalue weighted by atomic mass is 9.98. The van der Waals surface area contributed by atoms with Gasteiger partial charge in [0.25, 0.3) is 0 Å². The highest BCUT2D eigenvalue weighted by molar-refractivity contribution is 8.71. The molecule has 4 aromatic rings. The van der Waals surface area contributed by atoms with Crippen molar-refractivity contribution in [2.45, 2.75) is 26.8 Å². The summed E-state index contributed by atoms with van der Waals surface area (Å²) < 4.78 is 35.8. The number of ether oxygens (including phenoxy) is 2. The van der Waals surface area contributed by atoms with Crippen LogP contribution in [0.5, 0.6) is 0 Å². The highest BCUT2D eigenvalue weighted by Crippen LogP contribution is 2.34. The number of aryl methyl sites for hydroxylation is 1. The number of hydrogen-bond acceptors (Lipinski definition) is 7. The predicted octanol–water partition coefficient (Wildman–Crippen LogP) is 3.17. The van der Waals surface area contributed by atoms with Crippen LogP contribution in [0.15, 0.2) is 66.7 Å². The Morgan fingerprint density at radius 3 is 2.00 bits per heavy atom. The molecule has 12 heteroatoms. The fourth-order valence-electron chi connectivity index (χ4n) is 4.52. The van der Waals surface area contributed by atoms with Gasteiger partial charge < -0.3 is 26.5 Å². The van der Waals surface area contributed by atoms with Gasteiger partial charge in [-0.3, -0.25) is 10.6 Å². The number of nitrogens with zero attached hydrogens (tertiary/aromatic N) is 1. The third-order valence-corrected chi connectivity index (χ3v) is 8.71. The van der Waals surface area contributed by atoms with E-state index >= 15 is 0 Å². The van der Waals surface area contributed by atoms with Crippen LogP contribution in [0.3, 0.4) is 0 Å². The molecule has 0 atom stereocenters. The fraction of sp³-hybridized carbons (Fsp3) is 0.276. The number of amides is 2. The van der Waals surface area contributed by atoms with E-state index in [1.165, 1.54) is 6.26 Å². The number of aromatic nitrogens is 1. The Morgan fingerprint density at radius 1 is 0.829 bits per heavy atom. The largest absolute Gasteiger partial charge is 1.00 e. The van der Waals surface area contributed by atoms with Crippen molar-refractivity contribution in [1.82, 2.24) is 0 Å². The van der Waals surface area contributed by atoms with Gasteiger partial charge in [-0.25, -0.2) is 18.0 Å². The number of nitrogens with one attached hydrogen (secondary N) is 2. The summed E-state index contributed by atoms with van der Waals surface area (Å²) in [6.07, 6.45) is 0.705. The molecule has 0 aliphatic rings. The zero-order valence-electron chi connectivity index (χ0n) is 23.0. The summed E-state index contributed by atoms with van der Waals surface area (Å²) >= 11 is 0. The van der Waals surface area contributed by atoms with Gasteiger partial charge in [-0.15, -0.1) is 0 Å². The first-order valence-electron chi connectivity index (χ1n) is 12.9. The zero-order valence-corrected chi connectivity index (χ0v) is 26.2. The molecule has 0 saturated heterocycles. The molecule has 0 spiro atoms. The van der Waals surface area contributed by atoms with Gasteiger partial charge in [0, 0.05) is 41.1 Å². The summed E-state index contributed by atoms with van der Waals surface area (Å²) in [4.78, 5) is 24.3. The van der Waals surface area contributed by atoms with Gasteiger partial charge in [0.2, 0.25) is 11.2 Å². The lowest BCUT2D eigenvalue weighted by molar-refractivity contribution is -0.659. The Hall–Kier alpha value is -3.35. The summed E-state index contributed by atoms with van der Waals surface area (Å²) in [5.74, 6) is 0.421. The number of carbonyl (C=O) groups excluding carboxylic acids is 2. The maximum absolute atomic E-state index is 12.2. The fourth-order valence-corrected chi connectivity index (χ4v) is 6.33. The Morgan fingerprint density at radius 2 is 1.41 bits per heavy atom. The molecule has 4 rings (SSSR count). The van der Waals surface area contributed by atoms with Crippen LogP contribution < -0.4 is 32.2 Å². The molecule has 0 unspecified atom stereocenters. The number of anilines is 2. The Kier molecular flexibility index (Phi) is 11.4. The van der Waals surface area contributed by atoms with E-state index in [-0.39, 0.29) is 30.2 Å². The summed E-state index contributed by atoms with van der Waals surface area (Å²) in [6, 6.07) is 21.2. The minimum Gasteiger partial charge on any atom is -1.00 e. The minimum absolute atomic E-state index is 0. The van der Waals surface area contributed by atoms with Crippen molar-refractivity contribution < 1.29 is 49.0 Å². The maximum Gasteiger partial charge on any atom is 0.411 e. The minimum atomic E-state index is -3.17. The second-order valence-electron chi connectivity index (χ2n) is 8.93. The predicted molar refractivity (Wildman–Crippen MR) is 160 cm³/mol. The molecule has 1 aromatic heterocycles. The Balaban J connectivity index is 0.00000462. The standard InChI is InChI=1S/C29H31N3O6S2.BrH/c1-4-37-28(33)30-21-12-14-23-24-15-13-22(31-29(34)38-5-2)19-26(24)32(16-9-17-39-40(3,35)36)27(25(23)18-21)20-10-7-6-8-11-20;/h6-8,10-15,18-19H,4-5,9,16-17H2,1-3H3,(H,30,33);1H. The van der Waals surface area contributed by atoms with Crippen LogP contribution in [0.25, 0.3) is 32.9 Å². The number of carbonyl (C=O) groups is 2. The molecule has 3 aromatic carbocycles. The number of benzene rings is 3. The summed E-state index contributed by atoms with van der Waals surface area (Å²) in [5, 5.41) is 8.35. The molecule has 218 valence electrons. The molecule has 41 heavy (non-hydrogen) atoms. The average molecular weight is 663 g/mol. The van der Waals surface area contributed by atoms with E-state index in [0.717, 1.165) is 43.7 Å². The number of halogens is 1. The van der Waals surface area contributed by atoms with Gasteiger partial charge in [0.1, 0.15) is 0 Å². The van der Waals surface area contributed by atoms with Crippen molar-refractivity contribution in [2.75, 3.05) is 35.9 Å². The van der Waals surface area contributed by atoms with E-state index in [2.05, 4.69) is 15.2 Å². The molecule has 0 aliphatic carbocycles. The van der Waals surface area contributed by atoms with Gasteiger partial charge in [-0.1, -0.05) is 24.3 Å². The average Bonchev–Trinajstić information content (AvgIpc) is 2.91. The van der Waals surface area contributed by atoms with Gasteiger partial charge in [0.15, 0.2) is 15.4 Å². The van der Waals surface area contributed by atoms with Gasteiger partial charge in [0.05, 0.1) is 29.7 Å². The van der Waals surface area contributed by atoms with Crippen LogP contribution >= 0.6 is 10.8 Å². The monoisotopic (exact) mass is 661 g/mol. The first kappa shape index (κ1) is 32.2. The molecular weight excluding hydrogens is 630 g/mol. The third kappa shape index (κ3) is 8.34. The van der Waals surface area contributed by atoms with Crippen LogP contribution in [-0.2, 0) is 24.9 Å². The van der Waals surface area contributed by atoms with Crippen molar-refractivity contribution in [1.29, 1.82) is 0 Å². The van der Waals surface area contributed by atoms with Gasteiger partial charge in [-0.2, -0.15) is 4.57 Å². The van der Waals surface area contributed by atoms with E-state index in [0.29, 0.717) is 30.1 Å². The Bertz CT molecular complexity index is 1650. The Labute approximate surface area is 253 Å². The van der Waals surface area contributed by atoms with Crippen LogP contribution in [0, 0.1) is 0 Å². The third-order valence-electron chi connectivity index (χ3n) is 6.04. The van der Waals surface area contributed by atoms with E-state index in [4.69, 9.17) is 9.47 Å². The van der Waals surface area contributed by atoms with Crippen LogP contribution in [-0.4, -0.2) is 45.8 Å². The van der Waals surface area contributed by atoms with Crippen molar-refractivity contribution in [3.8, 4) is 11.3 Å². The summed E-state index contributed by atoms with van der Waals surface area (Å²) in [5.41, 5.74) is 3.86. The van der Waals surface area contributed by atoms with Crippen LogP contribution in [0.1, 0.15) is 20.3 Å². The molecule has 9 nitrogen and oxygen atoms in total. The van der Waals surface area contributed by atoms with Crippen molar-refractivity contribution >= 4 is 64.9 Å². The first-order valence-corrected chi connectivity index (χ1v) is 16.3. The summed E-state index contributed by atoms with van der Waals surface area (Å²) in [6.45, 7) is 4.51. The lowest BCUT2D eigenvalue weighted by Gasteiger charge is -2.15. The zero-order chi connectivity index (χ0) is 28.7. The van der Waals surface area contributed by atoms with Gasteiger partial charge in [-0.05, 0) is 61.0 Å². The number of pyridine rings is 1. The normalized spacial score (nSPS) is 11.1. The number of rotatable bonds is 10. The molecule has 0 aliphatic heterocycles. The second-order valence-corrected chi connectivity index (χ2v) is 13.5. The molecule has 0 radical (unpaired) electrons. The molecule has 1 heterocycles. The quantitative estimate of drug-likeness (QED) is 0.116. The van der Waals surface area contributed by atoms with E-state index in [1.54, 1.807) is 13.8 Å². The second kappa shape index (κ2) is 14.5. The molecular formula is C29H32BrN3O6S2. The summed E-state index contributed by atoms with van der Waals surface area (Å²) in [7, 11) is -2.25. The van der Waals surface area contributed by atoms with Gasteiger partial charge >= 0.3 is 12.2 Å². The molecule has 0 saturated carbocycles. The molecule has 0 bridgehead atoms. The number of fused-ring (bicyclic) bond motifs is 3. The van der Waals surface area contributed by atoms with Crippen LogP contribution in [0.4, 0.5) is 21.0 Å². The lowest BCUT2D eigenvalue weighted by Crippen LogP contribution is -3.00. The smallest absolute Gasteiger partial charge is 0.411 e. The van der Waals surface area contributed by atoms with Crippen LogP contribution in [0.2, 0.25) is 0 Å². The first-order chi connectivity index (χ1) is 19.2.